The van der Waals surface area contributed by atoms with Crippen molar-refractivity contribution >= 4 is 103 Å². The number of imidazole rings is 2. The number of unbranched alkanes of at least 4 members (excludes halogenated alkanes) is 16. The van der Waals surface area contributed by atoms with Crippen molar-refractivity contribution in [1.82, 2.24) is 85.4 Å². The number of hydrogen-bond donors (Lipinski definition) is 11. The minimum Gasteiger partial charge on any atom is -0.490 e. The maximum absolute atomic E-state index is 14.1. The number of ether oxygens (including phenoxy) is 2. The Labute approximate surface area is 876 Å². The second-order valence-corrected chi connectivity index (χ2v) is 42.8. The number of carbonyl (C=O) groups is 8. The van der Waals surface area contributed by atoms with Crippen LogP contribution in [0.5, 0.6) is 11.5 Å². The van der Waals surface area contributed by atoms with Gasteiger partial charge in [-0.3, -0.25) is 38.4 Å². The average molecular weight is 2080 g/mol. The van der Waals surface area contributed by atoms with E-state index in [1.54, 1.807) is 62.8 Å². The van der Waals surface area contributed by atoms with E-state index in [1.807, 2.05) is 138 Å². The van der Waals surface area contributed by atoms with E-state index in [0.717, 1.165) is 165 Å². The van der Waals surface area contributed by atoms with Gasteiger partial charge in [0, 0.05) is 109 Å². The smallest absolute Gasteiger partial charge is 0.303 e. The number of Topliss-reactive ketones (excluding diaryl/α,β-unsaturated/α-hetero) is 2. The molecule has 0 spiro atoms. The van der Waals surface area contributed by atoms with Gasteiger partial charge in [0.2, 0.25) is 29.5 Å². The van der Waals surface area contributed by atoms with Crippen LogP contribution in [-0.4, -0.2) is 217 Å². The summed E-state index contributed by atoms with van der Waals surface area (Å²) in [7, 11) is 0. The summed E-state index contributed by atoms with van der Waals surface area (Å²) in [5.74, 6) is 10.7. The zero-order valence-corrected chi connectivity index (χ0v) is 89.3. The van der Waals surface area contributed by atoms with Crippen molar-refractivity contribution in [2.24, 2.45) is 28.4 Å². The number of fused-ring (bicyclic) bond motifs is 2. The number of aliphatic carboxylic acids is 1. The first-order chi connectivity index (χ1) is 70.1. The van der Waals surface area contributed by atoms with Crippen LogP contribution in [0.15, 0.2) is 81.2 Å². The molecule has 2 aromatic carbocycles. The molecule has 148 heavy (non-hydrogen) atoms. The molecule has 10 aromatic rings. The number of nitrogen functional groups attached to an aromatic ring is 2. The van der Waals surface area contributed by atoms with E-state index in [2.05, 4.69) is 85.2 Å². The average Bonchev–Trinajstić information content (AvgIpc) is 1.60. The van der Waals surface area contributed by atoms with Gasteiger partial charge in [0.1, 0.15) is 68.3 Å². The number of aliphatic hydroxyl groups excluding tert-OH is 2. The van der Waals surface area contributed by atoms with E-state index in [-0.39, 0.29) is 112 Å². The zero-order chi connectivity index (χ0) is 107. The van der Waals surface area contributed by atoms with E-state index in [4.69, 9.17) is 46.0 Å². The highest BCUT2D eigenvalue weighted by Crippen LogP contribution is 2.40. The van der Waals surface area contributed by atoms with Crippen LogP contribution in [0.4, 0.5) is 11.6 Å². The van der Waals surface area contributed by atoms with Crippen LogP contribution in [0.2, 0.25) is 0 Å². The van der Waals surface area contributed by atoms with Crippen LogP contribution < -0.4 is 42.6 Å². The number of β-amino-alcohol motifs (C(OH)–C–C–N with tert-alkyl or cyclic N) is 2. The molecule has 10 heterocycles. The molecule has 6 atom stereocenters. The topological polar surface area (TPSA) is 542 Å². The lowest BCUT2D eigenvalue weighted by Gasteiger charge is -2.34. The number of carboxylic acid groups (broad SMARTS) is 1. The van der Waals surface area contributed by atoms with Gasteiger partial charge in [-0.25, -0.2) is 39.2 Å². The predicted molar refractivity (Wildman–Crippen MR) is 572 cm³/mol. The molecule has 804 valence electrons. The highest BCUT2D eigenvalue weighted by atomic mass is 32.1. The number of nitrogens with one attached hydrogen (secondary N) is 3. The number of amides is 5. The molecule has 0 aliphatic carbocycles. The molecule has 8 aromatic heterocycles. The summed E-state index contributed by atoms with van der Waals surface area (Å²) in [5, 5.41) is 74.1. The lowest BCUT2D eigenvalue weighted by molar-refractivity contribution is -0.146. The molecule has 2 fully saturated rings. The first-order valence-corrected chi connectivity index (χ1v) is 53.3. The number of hydrogen-bond acceptors (Lipinski definition) is 31. The quantitative estimate of drug-likeness (QED) is 0.0125. The first-order valence-electron chi connectivity index (χ1n) is 51.5. The normalized spacial score (nSPS) is 15.0. The molecule has 37 nitrogen and oxygen atoms in total. The molecule has 0 unspecified atom stereocenters. The van der Waals surface area contributed by atoms with Crippen molar-refractivity contribution in [3.8, 4) is 79.1 Å². The van der Waals surface area contributed by atoms with Crippen LogP contribution in [-0.2, 0) is 64.5 Å². The number of benzene rings is 2. The van der Waals surface area contributed by atoms with E-state index < -0.39 is 64.1 Å². The van der Waals surface area contributed by atoms with Crippen LogP contribution >= 0.6 is 22.7 Å². The summed E-state index contributed by atoms with van der Waals surface area (Å²) < 4.78 is 25.7. The van der Waals surface area contributed by atoms with Crippen molar-refractivity contribution in [2.45, 2.75) is 346 Å². The van der Waals surface area contributed by atoms with Gasteiger partial charge in [-0.15, -0.1) is 22.7 Å². The Morgan fingerprint density at radius 2 is 0.872 bits per heavy atom. The predicted octanol–water partition coefficient (Wildman–Crippen LogP) is 16.0. The van der Waals surface area contributed by atoms with Crippen molar-refractivity contribution in [1.29, 1.82) is 0 Å². The molecular weight excluding hydrogens is 1930 g/mol. The standard InChI is InChI=1S/C54H74N10O8S.C31H46N4O4S.C23H30N6O5.CH4/c1-8-63-47-43(32-57-41(25-26-54(6,7)70)45(47)60-50(63)46-49(55)62-72-61-46)71-28-18-14-10-12-16-20-44(67)56-27-17-13-9-11-15-19-38(65)29-40(53(3,4)5)52(69)64-33-39(66)30-42(64)51(68)58-31-36-21-23-37(24-22-36)48-35(2)59-34-73-48;1-21-28(40-20-34-21)23-13-11-22(12-14-23)18-33-29(38)27-17-25(37)19-35(27)30(39)26(31(2,3)4)16-24(36)10-8-6-5-7-9-15-32;1-4-29-20-16(33-13-9-7-5-6-8-10-17(30)31)14-25-15(11-12-23(2,3)32)18(20)26-22(29)19-21(24)28-34-27-19;/h21-24,32,34,39-40,42,66,70H,8-20,27-31,33H2,1-7H3,(H2,55,62)(H,56,67)(H,58,68);11-14,20,25-27,37H,5-10,15-19,32H2,1-4H3,(H,33,38);14,32H,4-10,13H2,1-3H3,(H2,24,28)(H,30,31);1H4/t39-,40-,42+;25-,26-,27+;;/m11../s1. The molecule has 0 saturated carbocycles. The van der Waals surface area contributed by atoms with Crippen LogP contribution in [0, 0.1) is 60.2 Å². The van der Waals surface area contributed by atoms with Gasteiger partial charge in [0.25, 0.3) is 0 Å². The minimum atomic E-state index is -1.22. The number of aromatic nitrogens is 12. The number of aliphatic hydroxyl groups is 4. The summed E-state index contributed by atoms with van der Waals surface area (Å²) in [6.07, 6.45) is 21.7. The number of aryl methyl sites for hydroxylation is 4. The highest BCUT2D eigenvalue weighted by molar-refractivity contribution is 7.13. The molecule has 0 bridgehead atoms. The fourth-order valence-electron chi connectivity index (χ4n) is 17.7. The third-order valence-electron chi connectivity index (χ3n) is 25.9. The zero-order valence-electron chi connectivity index (χ0n) is 87.7. The molecule has 14 N–H and O–H groups in total. The minimum absolute atomic E-state index is 0. The summed E-state index contributed by atoms with van der Waals surface area (Å²) in [4.78, 5) is 136. The number of anilines is 2. The number of ketones is 2. The van der Waals surface area contributed by atoms with Gasteiger partial charge in [-0.05, 0) is 179 Å². The summed E-state index contributed by atoms with van der Waals surface area (Å²) in [6, 6.07) is 14.3. The second kappa shape index (κ2) is 57.3. The third kappa shape index (κ3) is 35.6. The Bertz CT molecular complexity index is 6130. The summed E-state index contributed by atoms with van der Waals surface area (Å²) in [6.45, 7) is 30.0. The summed E-state index contributed by atoms with van der Waals surface area (Å²) >= 11 is 3.18. The number of nitrogens with zero attached hydrogens (tertiary/aromatic N) is 14. The van der Waals surface area contributed by atoms with E-state index in [0.29, 0.717) is 140 Å². The van der Waals surface area contributed by atoms with Gasteiger partial charge in [0.15, 0.2) is 46.2 Å². The monoisotopic (exact) mass is 2080 g/mol. The van der Waals surface area contributed by atoms with E-state index >= 15 is 0 Å². The van der Waals surface area contributed by atoms with Crippen molar-refractivity contribution in [3.05, 3.63) is 106 Å². The summed E-state index contributed by atoms with van der Waals surface area (Å²) in [5.41, 5.74) is 27.4. The maximum Gasteiger partial charge on any atom is 0.303 e. The molecule has 12 rings (SSSR count). The van der Waals surface area contributed by atoms with Crippen molar-refractivity contribution in [2.75, 3.05) is 50.9 Å². The van der Waals surface area contributed by atoms with Gasteiger partial charge in [-0.1, -0.05) is 186 Å². The van der Waals surface area contributed by atoms with Crippen LogP contribution in [0.25, 0.3) is 66.0 Å². The molecule has 2 saturated heterocycles. The Morgan fingerprint density at radius 1 is 0.500 bits per heavy atom. The number of rotatable bonds is 51. The largest absolute Gasteiger partial charge is 0.490 e. The lowest BCUT2D eigenvalue weighted by atomic mass is 9.76. The maximum atomic E-state index is 14.1. The van der Waals surface area contributed by atoms with Crippen molar-refractivity contribution in [3.63, 3.8) is 0 Å². The number of nitrogens with two attached hydrogens (primary N) is 3. The molecule has 2 aliphatic heterocycles. The Hall–Kier alpha value is -12.5. The third-order valence-corrected chi connectivity index (χ3v) is 27.8. The number of carboxylic acids is 1. The second-order valence-electron chi connectivity index (χ2n) is 41.1. The fourth-order valence-corrected chi connectivity index (χ4v) is 19.3. The highest BCUT2D eigenvalue weighted by Gasteiger charge is 2.47. The molecule has 0 radical (unpaired) electrons. The van der Waals surface area contributed by atoms with E-state index in [1.165, 1.54) is 9.80 Å². The number of likely N-dealkylation sites (tertiary alicyclic amines) is 2. The molecule has 2 aliphatic rings. The lowest BCUT2D eigenvalue weighted by Crippen LogP contribution is -2.50. The number of carbonyl (C=O) groups excluding carboxylic acids is 7. The van der Waals surface area contributed by atoms with Crippen LogP contribution in [0.3, 0.4) is 0 Å². The Kier molecular flexibility index (Phi) is 46.1. The molecule has 5 amide bonds. The fraction of sp³-hybridized carbons (Fsp3) is 0.578. The number of thiazole rings is 2. The van der Waals surface area contributed by atoms with Gasteiger partial charge >= 0.3 is 5.97 Å². The molecule has 39 heteroatoms. The van der Waals surface area contributed by atoms with Gasteiger partial charge in [0.05, 0.1) is 70.0 Å². The van der Waals surface area contributed by atoms with Gasteiger partial charge in [-0.2, -0.15) is 0 Å². The van der Waals surface area contributed by atoms with E-state index in [9.17, 15) is 58.8 Å². The van der Waals surface area contributed by atoms with Crippen LogP contribution in [0.1, 0.15) is 304 Å². The number of pyridine rings is 2. The Balaban J connectivity index is 0.000000272. The van der Waals surface area contributed by atoms with Gasteiger partial charge < -0.3 is 87.1 Å². The Morgan fingerprint density at radius 3 is 1.22 bits per heavy atom. The first kappa shape index (κ1) is 119. The molecular formula is C109H154N20O17S2. The SMILES string of the molecule is C.CCn1c(-c2nonc2N)nc2c(C#CC(C)(C)O)ncc(OCCCCCCCC(=O)NCCCCCCCC(=O)C[C@H](C(=O)N3C[C@H](O)C[C@H]3C(=O)NCc3ccc(-c4scnc4C)cc3)C(C)(C)C)c21.CCn1c(-c2nonc2N)nc2c(C#CC(C)(C)O)ncc(OCCCCCCCC(=O)O)c21.Cc1ncsc1-c1ccc(CNC(=O)[C@@H]2C[C@@H](O)CN2C(=O)[C@@H](CC(=O)CCCCCCCN)C(C)(C)C)cc1. The van der Waals surface area contributed by atoms with Crippen molar-refractivity contribution < 1.29 is 82.6 Å².